The first-order chi connectivity index (χ1) is 12.3. The number of hydrogen-bond donors (Lipinski definition) is 1. The number of para-hydroxylation sites is 1. The Morgan fingerprint density at radius 3 is 2.46 bits per heavy atom. The van der Waals surface area contributed by atoms with Crippen molar-refractivity contribution in [3.8, 4) is 5.75 Å². The van der Waals surface area contributed by atoms with Crippen LogP contribution in [0.2, 0.25) is 0 Å². The third-order valence-corrected chi connectivity index (χ3v) is 5.46. The lowest BCUT2D eigenvalue weighted by Gasteiger charge is -2.07. The summed E-state index contributed by atoms with van der Waals surface area (Å²) in [6, 6.07) is 13.0. The first-order valence-electron chi connectivity index (χ1n) is 7.85. The Morgan fingerprint density at radius 1 is 1.12 bits per heavy atom. The van der Waals surface area contributed by atoms with E-state index in [-0.39, 0.29) is 27.5 Å². The summed E-state index contributed by atoms with van der Waals surface area (Å²) in [5, 5.41) is 10.7. The Labute approximate surface area is 150 Å². The van der Waals surface area contributed by atoms with E-state index in [4.69, 9.17) is 4.42 Å². The Bertz CT molecular complexity index is 1160. The molecule has 1 N–H and O–H groups in total. The van der Waals surface area contributed by atoms with E-state index in [2.05, 4.69) is 4.99 Å². The highest BCUT2D eigenvalue weighted by molar-refractivity contribution is 7.91. The number of rotatable bonds is 4. The predicted molar refractivity (Wildman–Crippen MR) is 99.6 cm³/mol. The fourth-order valence-electron chi connectivity index (χ4n) is 2.53. The van der Waals surface area contributed by atoms with Gasteiger partial charge in [0.1, 0.15) is 22.8 Å². The van der Waals surface area contributed by atoms with Crippen molar-refractivity contribution in [2.24, 2.45) is 4.99 Å². The van der Waals surface area contributed by atoms with Crippen molar-refractivity contribution in [3.63, 3.8) is 0 Å². The smallest absolute Gasteiger partial charge is 0.349 e. The van der Waals surface area contributed by atoms with Gasteiger partial charge in [-0.05, 0) is 38.1 Å². The average Bonchev–Trinajstić information content (AvgIpc) is 2.60. The van der Waals surface area contributed by atoms with E-state index in [0.29, 0.717) is 5.39 Å². The average molecular weight is 371 g/mol. The summed E-state index contributed by atoms with van der Waals surface area (Å²) >= 11 is 0. The summed E-state index contributed by atoms with van der Waals surface area (Å²) < 4.78 is 30.0. The molecular formula is C19H17NO5S. The number of benzene rings is 2. The molecule has 3 rings (SSSR count). The third kappa shape index (κ3) is 3.39. The van der Waals surface area contributed by atoms with Gasteiger partial charge in [-0.2, -0.15) is 0 Å². The van der Waals surface area contributed by atoms with E-state index in [1.165, 1.54) is 19.1 Å². The number of aryl methyl sites for hydroxylation is 1. The van der Waals surface area contributed by atoms with E-state index in [0.717, 1.165) is 5.56 Å². The number of hydrogen-bond acceptors (Lipinski definition) is 6. The van der Waals surface area contributed by atoms with E-state index < -0.39 is 21.3 Å². The molecule has 1 heterocycles. The molecule has 0 bridgehead atoms. The second-order valence-electron chi connectivity index (χ2n) is 5.91. The van der Waals surface area contributed by atoms with Crippen molar-refractivity contribution < 1.29 is 17.9 Å². The van der Waals surface area contributed by atoms with Gasteiger partial charge in [-0.3, -0.25) is 4.99 Å². The lowest BCUT2D eigenvalue weighted by molar-refractivity contribution is 0.466. The van der Waals surface area contributed by atoms with Crippen molar-refractivity contribution in [2.75, 3.05) is 5.88 Å². The minimum Gasteiger partial charge on any atom is -0.506 e. The normalized spacial score (nSPS) is 12.5. The molecule has 0 fully saturated rings. The van der Waals surface area contributed by atoms with Crippen LogP contribution in [-0.2, 0) is 9.84 Å². The van der Waals surface area contributed by atoms with Crippen LogP contribution in [0, 0.1) is 6.92 Å². The largest absolute Gasteiger partial charge is 0.506 e. The molecule has 2 aromatic carbocycles. The molecule has 0 saturated carbocycles. The number of aliphatic imine (C=N–C) groups is 1. The monoisotopic (exact) mass is 371 g/mol. The van der Waals surface area contributed by atoms with Crippen LogP contribution >= 0.6 is 0 Å². The van der Waals surface area contributed by atoms with E-state index >= 15 is 0 Å². The molecule has 0 aliphatic rings. The highest BCUT2D eigenvalue weighted by atomic mass is 32.2. The van der Waals surface area contributed by atoms with Gasteiger partial charge in [-0.1, -0.05) is 29.8 Å². The second kappa shape index (κ2) is 6.76. The molecule has 0 atom stereocenters. The zero-order valence-electron chi connectivity index (χ0n) is 14.3. The van der Waals surface area contributed by atoms with Crippen LogP contribution in [0.1, 0.15) is 18.1 Å². The maximum absolute atomic E-state index is 12.4. The molecule has 7 heteroatoms. The zero-order valence-corrected chi connectivity index (χ0v) is 15.1. The van der Waals surface area contributed by atoms with Gasteiger partial charge in [0, 0.05) is 0 Å². The standard InChI is InChI=1S/C19H17NO5S/c1-12-7-9-14(10-8-12)26(23,24)11-20-13(2)17-18(21)15-5-3-4-6-16(15)25-19(17)22/h3-10,21H,11H2,1-2H3. The lowest BCUT2D eigenvalue weighted by atomic mass is 10.1. The molecule has 6 nitrogen and oxygen atoms in total. The van der Waals surface area contributed by atoms with Crippen molar-refractivity contribution in [3.05, 3.63) is 70.1 Å². The van der Waals surface area contributed by atoms with Crippen LogP contribution < -0.4 is 5.63 Å². The molecule has 3 aromatic rings. The van der Waals surface area contributed by atoms with E-state index in [9.17, 15) is 18.3 Å². The van der Waals surface area contributed by atoms with Gasteiger partial charge in [0.25, 0.3) is 0 Å². The molecule has 0 saturated heterocycles. The Morgan fingerprint density at radius 2 is 1.77 bits per heavy atom. The van der Waals surface area contributed by atoms with Gasteiger partial charge in [0.15, 0.2) is 9.84 Å². The van der Waals surface area contributed by atoms with Crippen LogP contribution in [0.5, 0.6) is 5.75 Å². The summed E-state index contributed by atoms with van der Waals surface area (Å²) in [5.41, 5.74) is 0.386. The van der Waals surface area contributed by atoms with Gasteiger partial charge < -0.3 is 9.52 Å². The van der Waals surface area contributed by atoms with Crippen LogP contribution in [-0.4, -0.2) is 25.1 Å². The third-order valence-electron chi connectivity index (χ3n) is 4.00. The van der Waals surface area contributed by atoms with Crippen molar-refractivity contribution in [1.29, 1.82) is 0 Å². The fraction of sp³-hybridized carbons (Fsp3) is 0.158. The molecule has 0 spiro atoms. The quantitative estimate of drug-likeness (QED) is 0.562. The van der Waals surface area contributed by atoms with Gasteiger partial charge >= 0.3 is 5.63 Å². The van der Waals surface area contributed by atoms with Crippen molar-refractivity contribution in [2.45, 2.75) is 18.7 Å². The first-order valence-corrected chi connectivity index (χ1v) is 9.50. The summed E-state index contributed by atoms with van der Waals surface area (Å²) in [6.07, 6.45) is 0. The van der Waals surface area contributed by atoms with Crippen LogP contribution in [0.3, 0.4) is 0 Å². The zero-order chi connectivity index (χ0) is 18.9. The maximum atomic E-state index is 12.4. The summed E-state index contributed by atoms with van der Waals surface area (Å²) in [4.78, 5) is 16.3. The molecule has 0 unspecified atom stereocenters. The highest BCUT2D eigenvalue weighted by Crippen LogP contribution is 2.26. The fourth-order valence-corrected chi connectivity index (χ4v) is 3.60. The molecule has 1 aromatic heterocycles. The summed E-state index contributed by atoms with van der Waals surface area (Å²) in [5.74, 6) is -0.807. The lowest BCUT2D eigenvalue weighted by Crippen LogP contribution is -2.15. The van der Waals surface area contributed by atoms with E-state index in [1.54, 1.807) is 36.4 Å². The molecule has 0 aliphatic carbocycles. The molecular weight excluding hydrogens is 354 g/mol. The predicted octanol–water partition coefficient (Wildman–Crippen LogP) is 3.05. The highest BCUT2D eigenvalue weighted by Gasteiger charge is 2.18. The minimum absolute atomic E-state index is 0.0951. The summed E-state index contributed by atoms with van der Waals surface area (Å²) in [6.45, 7) is 3.33. The molecule has 26 heavy (non-hydrogen) atoms. The minimum atomic E-state index is -3.65. The number of fused-ring (bicyclic) bond motifs is 1. The van der Waals surface area contributed by atoms with Crippen LogP contribution in [0.15, 0.2) is 67.6 Å². The van der Waals surface area contributed by atoms with Gasteiger partial charge in [-0.25, -0.2) is 13.2 Å². The SMILES string of the molecule is CC(=NCS(=O)(=O)c1ccc(C)cc1)c1c(O)c2ccccc2oc1=O. The van der Waals surface area contributed by atoms with Crippen molar-refractivity contribution >= 4 is 26.5 Å². The Balaban J connectivity index is 1.99. The maximum Gasteiger partial charge on any atom is 0.349 e. The number of sulfone groups is 1. The first kappa shape index (κ1) is 17.9. The topological polar surface area (TPSA) is 96.9 Å². The van der Waals surface area contributed by atoms with Crippen molar-refractivity contribution in [1.82, 2.24) is 0 Å². The van der Waals surface area contributed by atoms with Gasteiger partial charge in [0.05, 0.1) is 16.0 Å². The van der Waals surface area contributed by atoms with E-state index in [1.807, 2.05) is 6.92 Å². The Hall–Kier alpha value is -2.93. The number of nitrogens with zero attached hydrogens (tertiary/aromatic N) is 1. The summed E-state index contributed by atoms with van der Waals surface area (Å²) in [7, 11) is -3.65. The van der Waals surface area contributed by atoms with Crippen LogP contribution in [0.4, 0.5) is 0 Å². The molecule has 0 amide bonds. The molecule has 0 radical (unpaired) electrons. The van der Waals surface area contributed by atoms with Gasteiger partial charge in [0.2, 0.25) is 0 Å². The van der Waals surface area contributed by atoms with Crippen LogP contribution in [0.25, 0.3) is 11.0 Å². The number of aromatic hydroxyl groups is 1. The molecule has 134 valence electrons. The second-order valence-corrected chi connectivity index (χ2v) is 7.87. The molecule has 0 aliphatic heterocycles. The Kier molecular flexibility index (Phi) is 4.65. The van der Waals surface area contributed by atoms with Gasteiger partial charge in [-0.15, -0.1) is 0 Å².